The summed E-state index contributed by atoms with van der Waals surface area (Å²) in [7, 11) is 0. The number of nitrogens with one attached hydrogen (secondary N) is 1. The molecule has 0 atom stereocenters. The average Bonchev–Trinajstić information content (AvgIpc) is 2.42. The highest BCUT2D eigenvalue weighted by molar-refractivity contribution is 6.33. The van der Waals surface area contributed by atoms with Crippen LogP contribution >= 0.6 is 11.6 Å². The second-order valence-corrected chi connectivity index (χ2v) is 4.74. The molecule has 0 aromatic heterocycles. The van der Waals surface area contributed by atoms with E-state index in [9.17, 15) is 13.2 Å². The van der Waals surface area contributed by atoms with E-state index in [0.717, 1.165) is 12.1 Å². The van der Waals surface area contributed by atoms with Gasteiger partial charge in [-0.3, -0.25) is 0 Å². The van der Waals surface area contributed by atoms with Gasteiger partial charge in [0, 0.05) is 17.7 Å². The molecule has 2 rings (SSSR count). The lowest BCUT2D eigenvalue weighted by Crippen LogP contribution is -2.13. The molecule has 0 bridgehead atoms. The molecule has 1 nitrogen and oxygen atoms in total. The Morgan fingerprint density at radius 2 is 1.70 bits per heavy atom. The van der Waals surface area contributed by atoms with E-state index in [-0.39, 0.29) is 10.8 Å². The summed E-state index contributed by atoms with van der Waals surface area (Å²) in [5.41, 5.74) is 1.33. The number of hydrogen-bond donors (Lipinski definition) is 1. The minimum Gasteiger partial charge on any atom is -0.313 e. The third-order valence-electron chi connectivity index (χ3n) is 2.93. The van der Waals surface area contributed by atoms with Gasteiger partial charge in [-0.2, -0.15) is 0 Å². The highest BCUT2D eigenvalue weighted by atomic mass is 35.5. The van der Waals surface area contributed by atoms with Crippen molar-refractivity contribution in [1.29, 1.82) is 0 Å². The molecule has 2 aromatic carbocycles. The van der Waals surface area contributed by atoms with Crippen molar-refractivity contribution in [3.63, 3.8) is 0 Å². The molecule has 0 amide bonds. The zero-order valence-corrected chi connectivity index (χ0v) is 11.6. The molecule has 5 heteroatoms. The topological polar surface area (TPSA) is 12.0 Å². The summed E-state index contributed by atoms with van der Waals surface area (Å²) in [5.74, 6) is -2.34. The minimum absolute atomic E-state index is 0.0879. The van der Waals surface area contributed by atoms with Crippen LogP contribution in [0.2, 0.25) is 5.02 Å². The average molecular weight is 300 g/mol. The van der Waals surface area contributed by atoms with Crippen LogP contribution in [0.4, 0.5) is 13.2 Å². The molecule has 0 heterocycles. The molecule has 0 aliphatic carbocycles. The highest BCUT2D eigenvalue weighted by Gasteiger charge is 2.12. The van der Waals surface area contributed by atoms with E-state index in [1.807, 2.05) is 6.92 Å². The first kappa shape index (κ1) is 14.9. The van der Waals surface area contributed by atoms with Gasteiger partial charge in [-0.25, -0.2) is 13.2 Å². The smallest absolute Gasteiger partial charge is 0.160 e. The van der Waals surface area contributed by atoms with Crippen molar-refractivity contribution < 1.29 is 13.2 Å². The van der Waals surface area contributed by atoms with Crippen molar-refractivity contribution in [3.8, 4) is 11.1 Å². The quantitative estimate of drug-likeness (QED) is 0.818. The molecule has 20 heavy (non-hydrogen) atoms. The Bertz CT molecular complexity index is 629. The van der Waals surface area contributed by atoms with E-state index < -0.39 is 11.6 Å². The molecule has 0 aliphatic heterocycles. The van der Waals surface area contributed by atoms with Gasteiger partial charge in [0.25, 0.3) is 0 Å². The van der Waals surface area contributed by atoms with E-state index in [1.165, 1.54) is 12.1 Å². The molecule has 2 aromatic rings. The van der Waals surface area contributed by atoms with Gasteiger partial charge < -0.3 is 5.32 Å². The molecule has 0 aliphatic rings. The van der Waals surface area contributed by atoms with Crippen LogP contribution in [0.15, 0.2) is 30.3 Å². The minimum atomic E-state index is -1.01. The van der Waals surface area contributed by atoms with E-state index in [0.29, 0.717) is 29.8 Å². The maximum absolute atomic E-state index is 13.6. The van der Waals surface area contributed by atoms with Gasteiger partial charge in [0.2, 0.25) is 0 Å². The normalized spacial score (nSPS) is 10.8. The van der Waals surface area contributed by atoms with Crippen LogP contribution in [0.1, 0.15) is 12.5 Å². The molecule has 0 fully saturated rings. The van der Waals surface area contributed by atoms with Crippen molar-refractivity contribution in [2.24, 2.45) is 0 Å². The number of rotatable bonds is 4. The van der Waals surface area contributed by atoms with Gasteiger partial charge in [0.05, 0.1) is 5.02 Å². The molecule has 0 unspecified atom stereocenters. The second kappa shape index (κ2) is 6.29. The van der Waals surface area contributed by atoms with Crippen LogP contribution in [0, 0.1) is 17.5 Å². The third kappa shape index (κ3) is 3.14. The fourth-order valence-corrected chi connectivity index (χ4v) is 2.14. The molecule has 0 radical (unpaired) electrons. The molecule has 106 valence electrons. The van der Waals surface area contributed by atoms with Crippen molar-refractivity contribution in [3.05, 3.63) is 58.4 Å². The molecule has 1 N–H and O–H groups in total. The Labute approximate surface area is 120 Å². The van der Waals surface area contributed by atoms with Crippen molar-refractivity contribution in [2.75, 3.05) is 6.54 Å². The standard InChI is InChI=1S/C15H13ClF3N/c1-2-20-8-10-5-9(3-4-13(10)17)11-6-14(18)15(19)7-12(11)16/h3-7,20H,2,8H2,1H3. The fraction of sp³-hybridized carbons (Fsp3) is 0.200. The van der Waals surface area contributed by atoms with E-state index in [2.05, 4.69) is 5.32 Å². The Balaban J connectivity index is 2.45. The lowest BCUT2D eigenvalue weighted by atomic mass is 10.0. The van der Waals surface area contributed by atoms with Gasteiger partial charge in [-0.1, -0.05) is 24.6 Å². The van der Waals surface area contributed by atoms with Crippen LogP contribution in [0.5, 0.6) is 0 Å². The lowest BCUT2D eigenvalue weighted by molar-refractivity contribution is 0.509. The number of hydrogen-bond acceptors (Lipinski definition) is 1. The van der Waals surface area contributed by atoms with E-state index in [4.69, 9.17) is 11.6 Å². The molecule has 0 saturated carbocycles. The Hall–Kier alpha value is -1.52. The monoisotopic (exact) mass is 299 g/mol. The Morgan fingerprint density at radius 3 is 2.40 bits per heavy atom. The maximum Gasteiger partial charge on any atom is 0.160 e. The van der Waals surface area contributed by atoms with Crippen LogP contribution in [-0.2, 0) is 6.54 Å². The Kier molecular flexibility index (Phi) is 4.68. The third-order valence-corrected chi connectivity index (χ3v) is 3.24. The van der Waals surface area contributed by atoms with Crippen LogP contribution < -0.4 is 5.32 Å². The van der Waals surface area contributed by atoms with Crippen molar-refractivity contribution in [2.45, 2.75) is 13.5 Å². The molecule has 0 saturated heterocycles. The maximum atomic E-state index is 13.6. The van der Waals surface area contributed by atoms with Crippen molar-refractivity contribution in [1.82, 2.24) is 5.32 Å². The van der Waals surface area contributed by atoms with Gasteiger partial charge in [-0.05, 0) is 36.4 Å². The van der Waals surface area contributed by atoms with Crippen molar-refractivity contribution >= 4 is 11.6 Å². The number of benzene rings is 2. The zero-order chi connectivity index (χ0) is 14.7. The molecular formula is C15H13ClF3N. The van der Waals surface area contributed by atoms with Crippen LogP contribution in [0.3, 0.4) is 0 Å². The summed E-state index contributed by atoms with van der Waals surface area (Å²) >= 11 is 5.92. The largest absolute Gasteiger partial charge is 0.313 e. The summed E-state index contributed by atoms with van der Waals surface area (Å²) in [6, 6.07) is 6.29. The summed E-state index contributed by atoms with van der Waals surface area (Å²) in [5, 5.41) is 3.10. The SMILES string of the molecule is CCNCc1cc(-c2cc(F)c(F)cc2Cl)ccc1F. The summed E-state index contributed by atoms with van der Waals surface area (Å²) < 4.78 is 40.0. The van der Waals surface area contributed by atoms with Gasteiger partial charge >= 0.3 is 0 Å². The van der Waals surface area contributed by atoms with Gasteiger partial charge in [-0.15, -0.1) is 0 Å². The predicted molar refractivity (Wildman–Crippen MR) is 74.1 cm³/mol. The van der Waals surface area contributed by atoms with E-state index in [1.54, 1.807) is 6.07 Å². The van der Waals surface area contributed by atoms with Crippen LogP contribution in [0.25, 0.3) is 11.1 Å². The first-order chi connectivity index (χ1) is 9.52. The van der Waals surface area contributed by atoms with E-state index >= 15 is 0 Å². The molecule has 0 spiro atoms. The number of halogens is 4. The lowest BCUT2D eigenvalue weighted by Gasteiger charge is -2.09. The summed E-state index contributed by atoms with van der Waals surface area (Å²) in [6.45, 7) is 2.97. The summed E-state index contributed by atoms with van der Waals surface area (Å²) in [6.07, 6.45) is 0. The highest BCUT2D eigenvalue weighted by Crippen LogP contribution is 2.31. The predicted octanol–water partition coefficient (Wildman–Crippen LogP) is 4.53. The van der Waals surface area contributed by atoms with Gasteiger partial charge in [0.15, 0.2) is 11.6 Å². The second-order valence-electron chi connectivity index (χ2n) is 4.33. The zero-order valence-electron chi connectivity index (χ0n) is 10.8. The molecular weight excluding hydrogens is 287 g/mol. The Morgan fingerprint density at radius 1 is 1.00 bits per heavy atom. The fourth-order valence-electron chi connectivity index (χ4n) is 1.88. The summed E-state index contributed by atoms with van der Waals surface area (Å²) in [4.78, 5) is 0. The van der Waals surface area contributed by atoms with Gasteiger partial charge in [0.1, 0.15) is 5.82 Å². The first-order valence-corrected chi connectivity index (χ1v) is 6.54. The first-order valence-electron chi connectivity index (χ1n) is 6.17. The van der Waals surface area contributed by atoms with Crippen LogP contribution in [-0.4, -0.2) is 6.54 Å².